The van der Waals surface area contributed by atoms with E-state index in [9.17, 15) is 14.4 Å². The molecule has 0 aliphatic carbocycles. The van der Waals surface area contributed by atoms with Crippen LogP contribution in [0.4, 0.5) is 4.79 Å². The highest BCUT2D eigenvalue weighted by Gasteiger charge is 2.19. The zero-order valence-corrected chi connectivity index (χ0v) is 16.7. The molecule has 0 aliphatic heterocycles. The number of primary amides is 1. The number of carbonyl (C=O) groups excluding carboxylic acids is 3. The first-order valence-corrected chi connectivity index (χ1v) is 9.53. The highest BCUT2D eigenvalue weighted by Crippen LogP contribution is 2.10. The second kappa shape index (κ2) is 14.4. The maximum Gasteiger partial charge on any atom is 0.312 e. The summed E-state index contributed by atoms with van der Waals surface area (Å²) in [5.74, 6) is -0.0535. The van der Waals surface area contributed by atoms with Gasteiger partial charge in [0.2, 0.25) is 11.8 Å². The van der Waals surface area contributed by atoms with Gasteiger partial charge in [-0.15, -0.1) is 0 Å². The van der Waals surface area contributed by atoms with Crippen molar-refractivity contribution in [3.63, 3.8) is 0 Å². The Bertz CT molecular complexity index is 427. The first-order valence-electron chi connectivity index (χ1n) is 9.53. The number of unbranched alkanes of at least 4 members (excludes halogenated alkanes) is 1. The molecule has 8 nitrogen and oxygen atoms in total. The minimum absolute atomic E-state index is 0.0668. The zero-order valence-electron chi connectivity index (χ0n) is 16.7. The van der Waals surface area contributed by atoms with Crippen LogP contribution in [0.3, 0.4) is 0 Å². The molecule has 0 heterocycles. The average molecular weight is 373 g/mol. The van der Waals surface area contributed by atoms with Gasteiger partial charge >= 0.3 is 6.03 Å². The molecule has 1 unspecified atom stereocenters. The second-order valence-corrected chi connectivity index (χ2v) is 6.38. The number of rotatable bonds is 14. The Morgan fingerprint density at radius 3 is 2.31 bits per heavy atom. The molecule has 8 heteroatoms. The molecule has 1 atom stereocenters. The SMILES string of the molecule is CCCCC(NC(N)=O)C(=O)NCCOCCN(C)C(=O)C(CC)CC. The number of amides is 4. The Balaban J connectivity index is 4.01. The summed E-state index contributed by atoms with van der Waals surface area (Å²) in [6.45, 7) is 7.66. The van der Waals surface area contributed by atoms with Gasteiger partial charge in [-0.25, -0.2) is 4.79 Å². The van der Waals surface area contributed by atoms with Crippen molar-refractivity contribution >= 4 is 17.8 Å². The van der Waals surface area contributed by atoms with Crippen LogP contribution in [0.5, 0.6) is 0 Å². The van der Waals surface area contributed by atoms with Crippen molar-refractivity contribution in [1.82, 2.24) is 15.5 Å². The zero-order chi connectivity index (χ0) is 19.9. The lowest BCUT2D eigenvalue weighted by atomic mass is 10.0. The first kappa shape index (κ1) is 24.2. The molecule has 0 saturated carbocycles. The summed E-state index contributed by atoms with van der Waals surface area (Å²) >= 11 is 0. The van der Waals surface area contributed by atoms with E-state index in [1.165, 1.54) is 0 Å². The van der Waals surface area contributed by atoms with E-state index >= 15 is 0 Å². The maximum atomic E-state index is 12.1. The van der Waals surface area contributed by atoms with Gasteiger partial charge in [0.05, 0.1) is 13.2 Å². The van der Waals surface area contributed by atoms with E-state index in [-0.39, 0.29) is 17.7 Å². The summed E-state index contributed by atoms with van der Waals surface area (Å²) < 4.78 is 5.47. The minimum atomic E-state index is -0.706. The number of urea groups is 1. The van der Waals surface area contributed by atoms with Crippen LogP contribution in [0, 0.1) is 5.92 Å². The van der Waals surface area contributed by atoms with E-state index in [1.54, 1.807) is 11.9 Å². The number of ether oxygens (including phenoxy) is 1. The van der Waals surface area contributed by atoms with Gasteiger partial charge in [0.25, 0.3) is 0 Å². The normalized spacial score (nSPS) is 11.9. The Kier molecular flexibility index (Phi) is 13.3. The molecule has 26 heavy (non-hydrogen) atoms. The first-order chi connectivity index (χ1) is 12.4. The molecular formula is C18H36N4O4. The van der Waals surface area contributed by atoms with E-state index in [1.807, 2.05) is 20.8 Å². The molecule has 0 radical (unpaired) electrons. The monoisotopic (exact) mass is 372 g/mol. The van der Waals surface area contributed by atoms with Crippen LogP contribution >= 0.6 is 0 Å². The van der Waals surface area contributed by atoms with Crippen molar-refractivity contribution in [1.29, 1.82) is 0 Å². The van der Waals surface area contributed by atoms with Crippen LogP contribution in [0.1, 0.15) is 52.9 Å². The summed E-state index contributed by atoms with van der Waals surface area (Å²) in [4.78, 5) is 36.9. The Morgan fingerprint density at radius 1 is 1.12 bits per heavy atom. The van der Waals surface area contributed by atoms with E-state index in [0.717, 1.165) is 25.7 Å². The highest BCUT2D eigenvalue weighted by atomic mass is 16.5. The number of nitrogens with zero attached hydrogens (tertiary/aromatic N) is 1. The molecule has 152 valence electrons. The third-order valence-corrected chi connectivity index (χ3v) is 4.31. The van der Waals surface area contributed by atoms with Gasteiger partial charge < -0.3 is 26.0 Å². The maximum absolute atomic E-state index is 12.1. The van der Waals surface area contributed by atoms with Gasteiger partial charge in [-0.05, 0) is 19.3 Å². The Labute approximate surface area is 157 Å². The third-order valence-electron chi connectivity index (χ3n) is 4.31. The number of nitrogens with two attached hydrogens (primary N) is 1. The van der Waals surface area contributed by atoms with Crippen molar-refractivity contribution < 1.29 is 19.1 Å². The van der Waals surface area contributed by atoms with E-state index in [2.05, 4.69) is 10.6 Å². The fourth-order valence-corrected chi connectivity index (χ4v) is 2.58. The second-order valence-electron chi connectivity index (χ2n) is 6.38. The van der Waals surface area contributed by atoms with Crippen molar-refractivity contribution in [3.8, 4) is 0 Å². The van der Waals surface area contributed by atoms with Gasteiger partial charge in [-0.3, -0.25) is 9.59 Å². The van der Waals surface area contributed by atoms with Crippen molar-refractivity contribution in [2.75, 3.05) is 33.4 Å². The number of likely N-dealkylation sites (N-methyl/N-ethyl adjacent to an activating group) is 1. The van der Waals surface area contributed by atoms with Crippen LogP contribution in [0.15, 0.2) is 0 Å². The van der Waals surface area contributed by atoms with Crippen LogP contribution in [-0.4, -0.2) is 62.1 Å². The molecule has 0 saturated heterocycles. The molecule has 0 aliphatic rings. The van der Waals surface area contributed by atoms with Gasteiger partial charge in [0, 0.05) is 26.1 Å². The Morgan fingerprint density at radius 2 is 1.77 bits per heavy atom. The molecule has 0 rings (SSSR count). The Hall–Kier alpha value is -1.83. The number of nitrogens with one attached hydrogen (secondary N) is 2. The fraction of sp³-hybridized carbons (Fsp3) is 0.833. The van der Waals surface area contributed by atoms with Crippen molar-refractivity contribution in [2.24, 2.45) is 11.7 Å². The molecule has 0 aromatic heterocycles. The topological polar surface area (TPSA) is 114 Å². The summed E-state index contributed by atoms with van der Waals surface area (Å²) in [7, 11) is 1.78. The van der Waals surface area contributed by atoms with Crippen molar-refractivity contribution in [3.05, 3.63) is 0 Å². The highest BCUT2D eigenvalue weighted by molar-refractivity contribution is 5.86. The lowest BCUT2D eigenvalue weighted by molar-refractivity contribution is -0.135. The van der Waals surface area contributed by atoms with Gasteiger partial charge in [0.15, 0.2) is 0 Å². The average Bonchev–Trinajstić information content (AvgIpc) is 2.61. The predicted molar refractivity (Wildman–Crippen MR) is 102 cm³/mol. The number of hydrogen-bond donors (Lipinski definition) is 3. The molecule has 0 bridgehead atoms. The minimum Gasteiger partial charge on any atom is -0.378 e. The fourth-order valence-electron chi connectivity index (χ4n) is 2.58. The molecule has 0 spiro atoms. The standard InChI is InChI=1S/C18H36N4O4/c1-5-8-9-15(21-18(19)25)16(23)20-10-12-26-13-11-22(4)17(24)14(6-2)7-3/h14-15H,5-13H2,1-4H3,(H,20,23)(H3,19,21,25). The predicted octanol–water partition coefficient (Wildman–Crippen LogP) is 1.24. The summed E-state index contributed by atoms with van der Waals surface area (Å²) in [5, 5.41) is 5.19. The number of hydrogen-bond acceptors (Lipinski definition) is 4. The molecule has 4 N–H and O–H groups in total. The van der Waals surface area contributed by atoms with Crippen LogP contribution in [0.25, 0.3) is 0 Å². The van der Waals surface area contributed by atoms with Gasteiger partial charge in [-0.2, -0.15) is 0 Å². The van der Waals surface area contributed by atoms with E-state index in [0.29, 0.717) is 32.7 Å². The molecule has 0 aromatic rings. The summed E-state index contributed by atoms with van der Waals surface area (Å²) in [5.41, 5.74) is 5.10. The van der Waals surface area contributed by atoms with Crippen molar-refractivity contribution in [2.45, 2.75) is 58.9 Å². The van der Waals surface area contributed by atoms with E-state index < -0.39 is 12.1 Å². The summed E-state index contributed by atoms with van der Waals surface area (Å²) in [6.07, 6.45) is 3.98. The quantitative estimate of drug-likeness (QED) is 0.398. The number of carbonyl (C=O) groups is 3. The van der Waals surface area contributed by atoms with Crippen LogP contribution in [-0.2, 0) is 14.3 Å². The lowest BCUT2D eigenvalue weighted by Gasteiger charge is -2.22. The molecule has 0 aromatic carbocycles. The van der Waals surface area contributed by atoms with E-state index in [4.69, 9.17) is 10.5 Å². The third kappa shape index (κ3) is 10.2. The molecule has 4 amide bonds. The molecule has 0 fully saturated rings. The molecular weight excluding hydrogens is 336 g/mol. The lowest BCUT2D eigenvalue weighted by Crippen LogP contribution is -2.49. The van der Waals surface area contributed by atoms with Gasteiger partial charge in [-0.1, -0.05) is 33.6 Å². The summed E-state index contributed by atoms with van der Waals surface area (Å²) in [6, 6.07) is -1.32. The smallest absolute Gasteiger partial charge is 0.312 e. The van der Waals surface area contributed by atoms with Crippen LogP contribution in [0.2, 0.25) is 0 Å². The largest absolute Gasteiger partial charge is 0.378 e. The van der Waals surface area contributed by atoms with Gasteiger partial charge in [0.1, 0.15) is 6.04 Å². The van der Waals surface area contributed by atoms with Crippen LogP contribution < -0.4 is 16.4 Å².